The molecular weight excluding hydrogens is 274 g/mol. The molecule has 0 aliphatic heterocycles. The van der Waals surface area contributed by atoms with Crippen LogP contribution in [0.5, 0.6) is 0 Å². The Morgan fingerprint density at radius 3 is 2.95 bits per heavy atom. The fraction of sp³-hybridized carbons (Fsp3) is 0.200. The Balaban J connectivity index is 1.82. The van der Waals surface area contributed by atoms with Gasteiger partial charge in [-0.2, -0.15) is 0 Å². The number of hydrogen-bond donors (Lipinski definition) is 2. The Bertz CT molecular complexity index is 587. The maximum Gasteiger partial charge on any atom is 0.319 e. The highest BCUT2D eigenvalue weighted by molar-refractivity contribution is 6.31. The highest BCUT2D eigenvalue weighted by Gasteiger charge is 2.04. The Morgan fingerprint density at radius 2 is 2.20 bits per heavy atom. The molecule has 0 spiro atoms. The number of nitrogens with zero attached hydrogens (tertiary/aromatic N) is 1. The molecule has 0 unspecified atom stereocenters. The molecule has 2 rings (SSSR count). The smallest absolute Gasteiger partial charge is 0.319 e. The molecule has 0 radical (unpaired) electrons. The van der Waals surface area contributed by atoms with Gasteiger partial charge in [0.25, 0.3) is 0 Å². The summed E-state index contributed by atoms with van der Waals surface area (Å²) in [6.45, 7) is 2.47. The first-order valence-corrected chi connectivity index (χ1v) is 6.73. The van der Waals surface area contributed by atoms with E-state index in [1.54, 1.807) is 24.5 Å². The summed E-state index contributed by atoms with van der Waals surface area (Å²) in [5, 5.41) is 6.19. The molecule has 2 amide bonds. The number of rotatable bonds is 4. The predicted octanol–water partition coefficient (Wildman–Crippen LogP) is 3.41. The molecule has 0 aliphatic rings. The largest absolute Gasteiger partial charge is 0.338 e. The molecule has 0 fully saturated rings. The lowest BCUT2D eigenvalue weighted by Crippen LogP contribution is -2.30. The van der Waals surface area contributed by atoms with Gasteiger partial charge in [-0.3, -0.25) is 4.98 Å². The van der Waals surface area contributed by atoms with Gasteiger partial charge in [-0.25, -0.2) is 4.79 Å². The summed E-state index contributed by atoms with van der Waals surface area (Å²) < 4.78 is 0. The summed E-state index contributed by atoms with van der Waals surface area (Å²) in [5.74, 6) is 0. The first-order valence-electron chi connectivity index (χ1n) is 6.35. The number of pyridine rings is 1. The van der Waals surface area contributed by atoms with Crippen molar-refractivity contribution in [3.8, 4) is 0 Å². The van der Waals surface area contributed by atoms with E-state index in [4.69, 9.17) is 11.6 Å². The summed E-state index contributed by atoms with van der Waals surface area (Å²) in [6, 6.07) is 9.02. The maximum absolute atomic E-state index is 11.8. The molecule has 2 N–H and O–H groups in total. The van der Waals surface area contributed by atoms with Crippen LogP contribution < -0.4 is 10.6 Å². The summed E-state index contributed by atoms with van der Waals surface area (Å²) in [6.07, 6.45) is 4.27. The van der Waals surface area contributed by atoms with E-state index in [1.807, 2.05) is 25.1 Å². The van der Waals surface area contributed by atoms with Crippen molar-refractivity contribution < 1.29 is 4.79 Å². The number of benzene rings is 1. The monoisotopic (exact) mass is 289 g/mol. The SMILES string of the molecule is Cc1ccc(Cl)cc1NC(=O)NCCc1cccnc1. The van der Waals surface area contributed by atoms with E-state index in [-0.39, 0.29) is 6.03 Å². The van der Waals surface area contributed by atoms with Gasteiger partial charge in [0, 0.05) is 29.6 Å². The highest BCUT2D eigenvalue weighted by Crippen LogP contribution is 2.19. The van der Waals surface area contributed by atoms with E-state index in [0.717, 1.165) is 23.2 Å². The molecule has 0 aliphatic carbocycles. The quantitative estimate of drug-likeness (QED) is 0.906. The van der Waals surface area contributed by atoms with Gasteiger partial charge in [-0.15, -0.1) is 0 Å². The zero-order valence-corrected chi connectivity index (χ0v) is 11.9. The van der Waals surface area contributed by atoms with E-state index in [9.17, 15) is 4.79 Å². The molecule has 0 saturated heterocycles. The molecule has 2 aromatic rings. The number of hydrogen-bond acceptors (Lipinski definition) is 2. The Morgan fingerprint density at radius 1 is 1.35 bits per heavy atom. The zero-order chi connectivity index (χ0) is 14.4. The van der Waals surface area contributed by atoms with Crippen LogP contribution >= 0.6 is 11.6 Å². The maximum atomic E-state index is 11.8. The van der Waals surface area contributed by atoms with Gasteiger partial charge < -0.3 is 10.6 Å². The number of amides is 2. The van der Waals surface area contributed by atoms with Gasteiger partial charge in [-0.05, 0) is 42.7 Å². The number of urea groups is 1. The lowest BCUT2D eigenvalue weighted by Gasteiger charge is -2.10. The van der Waals surface area contributed by atoms with Crippen molar-refractivity contribution in [1.29, 1.82) is 0 Å². The van der Waals surface area contributed by atoms with Crippen molar-refractivity contribution in [2.75, 3.05) is 11.9 Å². The zero-order valence-electron chi connectivity index (χ0n) is 11.2. The number of carbonyl (C=O) groups is 1. The molecule has 5 heteroatoms. The molecule has 1 aromatic carbocycles. The number of carbonyl (C=O) groups excluding carboxylic acids is 1. The van der Waals surface area contributed by atoms with Crippen molar-refractivity contribution in [2.24, 2.45) is 0 Å². The van der Waals surface area contributed by atoms with Crippen molar-refractivity contribution in [3.63, 3.8) is 0 Å². The van der Waals surface area contributed by atoms with Crippen LogP contribution in [0.25, 0.3) is 0 Å². The third-order valence-corrected chi connectivity index (χ3v) is 3.10. The molecule has 20 heavy (non-hydrogen) atoms. The Hall–Kier alpha value is -2.07. The van der Waals surface area contributed by atoms with Crippen molar-refractivity contribution in [2.45, 2.75) is 13.3 Å². The minimum absolute atomic E-state index is 0.237. The second-order valence-electron chi connectivity index (χ2n) is 4.45. The summed E-state index contributed by atoms with van der Waals surface area (Å²) in [4.78, 5) is 15.8. The third kappa shape index (κ3) is 4.24. The van der Waals surface area contributed by atoms with Crippen LogP contribution in [0, 0.1) is 6.92 Å². The standard InChI is InChI=1S/C15H16ClN3O/c1-11-4-5-13(16)9-14(11)19-15(20)18-8-6-12-3-2-7-17-10-12/h2-5,7,9-10H,6,8H2,1H3,(H2,18,19,20). The van der Waals surface area contributed by atoms with Gasteiger partial charge in [0.15, 0.2) is 0 Å². The van der Waals surface area contributed by atoms with Gasteiger partial charge in [0.05, 0.1) is 0 Å². The van der Waals surface area contributed by atoms with E-state index >= 15 is 0 Å². The van der Waals surface area contributed by atoms with Gasteiger partial charge in [-0.1, -0.05) is 23.7 Å². The fourth-order valence-corrected chi connectivity index (χ4v) is 1.93. The third-order valence-electron chi connectivity index (χ3n) is 2.87. The topological polar surface area (TPSA) is 54.0 Å². The summed E-state index contributed by atoms with van der Waals surface area (Å²) >= 11 is 5.91. The van der Waals surface area contributed by atoms with Gasteiger partial charge in [0.1, 0.15) is 0 Å². The number of halogens is 1. The highest BCUT2D eigenvalue weighted by atomic mass is 35.5. The van der Waals surface area contributed by atoms with Crippen LogP contribution in [0.3, 0.4) is 0 Å². The number of nitrogens with one attached hydrogen (secondary N) is 2. The fourth-order valence-electron chi connectivity index (χ4n) is 1.76. The first kappa shape index (κ1) is 14.3. The van der Waals surface area contributed by atoms with Crippen LogP contribution in [-0.2, 0) is 6.42 Å². The number of aryl methyl sites for hydroxylation is 1. The average molecular weight is 290 g/mol. The second kappa shape index (κ2) is 6.91. The van der Waals surface area contributed by atoms with E-state index in [0.29, 0.717) is 11.6 Å². The van der Waals surface area contributed by atoms with E-state index < -0.39 is 0 Å². The van der Waals surface area contributed by atoms with Crippen molar-refractivity contribution in [3.05, 3.63) is 58.9 Å². The normalized spacial score (nSPS) is 10.1. The number of aromatic nitrogens is 1. The van der Waals surface area contributed by atoms with Gasteiger partial charge in [0.2, 0.25) is 0 Å². The van der Waals surface area contributed by atoms with Crippen molar-refractivity contribution >= 4 is 23.3 Å². The molecule has 1 heterocycles. The second-order valence-corrected chi connectivity index (χ2v) is 4.89. The average Bonchev–Trinajstić information content (AvgIpc) is 2.44. The molecule has 4 nitrogen and oxygen atoms in total. The predicted molar refractivity (Wildman–Crippen MR) is 81.2 cm³/mol. The molecule has 104 valence electrons. The minimum Gasteiger partial charge on any atom is -0.338 e. The molecule has 0 atom stereocenters. The van der Waals surface area contributed by atoms with Crippen LogP contribution in [0.4, 0.5) is 10.5 Å². The van der Waals surface area contributed by atoms with E-state index in [2.05, 4.69) is 15.6 Å². The molecule has 1 aromatic heterocycles. The molecule has 0 saturated carbocycles. The van der Waals surface area contributed by atoms with Crippen LogP contribution in [0.1, 0.15) is 11.1 Å². The van der Waals surface area contributed by atoms with Gasteiger partial charge >= 0.3 is 6.03 Å². The lowest BCUT2D eigenvalue weighted by atomic mass is 10.2. The summed E-state index contributed by atoms with van der Waals surface area (Å²) in [5.41, 5.74) is 2.78. The van der Waals surface area contributed by atoms with Crippen LogP contribution in [0.2, 0.25) is 5.02 Å². The Kier molecular flexibility index (Phi) is 4.96. The van der Waals surface area contributed by atoms with Crippen LogP contribution in [0.15, 0.2) is 42.7 Å². The number of anilines is 1. The lowest BCUT2D eigenvalue weighted by molar-refractivity contribution is 0.252. The first-order chi connectivity index (χ1) is 9.65. The van der Waals surface area contributed by atoms with Crippen molar-refractivity contribution in [1.82, 2.24) is 10.3 Å². The minimum atomic E-state index is -0.237. The summed E-state index contributed by atoms with van der Waals surface area (Å²) in [7, 11) is 0. The van der Waals surface area contributed by atoms with Crippen LogP contribution in [-0.4, -0.2) is 17.6 Å². The van der Waals surface area contributed by atoms with E-state index in [1.165, 1.54) is 0 Å². The molecule has 0 bridgehead atoms. The Labute approximate surface area is 123 Å². The molecular formula is C15H16ClN3O.